The number of aliphatic carboxylic acids is 1. The van der Waals surface area contributed by atoms with E-state index < -0.39 is 17.4 Å². The lowest BCUT2D eigenvalue weighted by Gasteiger charge is -2.26. The van der Waals surface area contributed by atoms with Crippen molar-refractivity contribution in [3.8, 4) is 5.75 Å². The summed E-state index contributed by atoms with van der Waals surface area (Å²) in [5, 5.41) is 12.0. The van der Waals surface area contributed by atoms with E-state index in [1.54, 1.807) is 30.3 Å². The van der Waals surface area contributed by atoms with E-state index in [0.717, 1.165) is 0 Å². The van der Waals surface area contributed by atoms with E-state index in [1.807, 2.05) is 0 Å². The van der Waals surface area contributed by atoms with Gasteiger partial charge in [0.2, 0.25) is 0 Å². The van der Waals surface area contributed by atoms with Crippen molar-refractivity contribution in [2.75, 3.05) is 7.11 Å². The first-order chi connectivity index (χ1) is 9.97. The number of carbonyl (C=O) groups is 2. The normalized spacial score (nSPS) is 13.2. The molecule has 1 aromatic carbocycles. The van der Waals surface area contributed by atoms with Crippen molar-refractivity contribution in [2.24, 2.45) is 0 Å². The van der Waals surface area contributed by atoms with Gasteiger partial charge in [-0.25, -0.2) is 4.79 Å². The van der Waals surface area contributed by atoms with Gasteiger partial charge in [-0.15, -0.1) is 0 Å². The lowest BCUT2D eigenvalue weighted by atomic mass is 9.91. The molecule has 0 fully saturated rings. The summed E-state index contributed by atoms with van der Waals surface area (Å²) < 4.78 is 10.0. The van der Waals surface area contributed by atoms with Gasteiger partial charge in [-0.2, -0.15) is 0 Å². The SMILES string of the molecule is COc1ccc([C@@](C)(NC(=O)c2ccco2)C(=O)O)cc1. The fourth-order valence-electron chi connectivity index (χ4n) is 1.87. The Morgan fingerprint density at radius 1 is 1.24 bits per heavy atom. The molecule has 2 aromatic rings. The van der Waals surface area contributed by atoms with Crippen LogP contribution in [0.2, 0.25) is 0 Å². The van der Waals surface area contributed by atoms with Gasteiger partial charge in [-0.1, -0.05) is 12.1 Å². The topological polar surface area (TPSA) is 88.8 Å². The van der Waals surface area contributed by atoms with Crippen LogP contribution < -0.4 is 10.1 Å². The van der Waals surface area contributed by atoms with Crippen LogP contribution in [0.15, 0.2) is 47.1 Å². The number of ether oxygens (including phenoxy) is 1. The molecular weight excluding hydrogens is 274 g/mol. The third-order valence-electron chi connectivity index (χ3n) is 3.20. The van der Waals surface area contributed by atoms with E-state index in [9.17, 15) is 14.7 Å². The third kappa shape index (κ3) is 2.89. The van der Waals surface area contributed by atoms with Gasteiger partial charge in [0, 0.05) is 0 Å². The zero-order valence-electron chi connectivity index (χ0n) is 11.6. The van der Waals surface area contributed by atoms with Gasteiger partial charge in [-0.05, 0) is 36.8 Å². The van der Waals surface area contributed by atoms with Gasteiger partial charge >= 0.3 is 5.97 Å². The molecule has 1 atom stereocenters. The van der Waals surface area contributed by atoms with Crippen molar-refractivity contribution in [1.82, 2.24) is 5.32 Å². The zero-order valence-corrected chi connectivity index (χ0v) is 11.6. The van der Waals surface area contributed by atoms with Gasteiger partial charge in [0.25, 0.3) is 5.91 Å². The molecule has 0 saturated heterocycles. The number of carbonyl (C=O) groups excluding carboxylic acids is 1. The largest absolute Gasteiger partial charge is 0.497 e. The van der Waals surface area contributed by atoms with Crippen LogP contribution in [0.4, 0.5) is 0 Å². The molecular formula is C15H15NO5. The van der Waals surface area contributed by atoms with Crippen molar-refractivity contribution >= 4 is 11.9 Å². The second-order valence-corrected chi connectivity index (χ2v) is 4.59. The maximum Gasteiger partial charge on any atom is 0.333 e. The number of nitrogens with one attached hydrogen (secondary N) is 1. The van der Waals surface area contributed by atoms with Crippen molar-refractivity contribution in [1.29, 1.82) is 0 Å². The molecule has 6 heteroatoms. The molecule has 1 amide bonds. The van der Waals surface area contributed by atoms with Gasteiger partial charge in [0.15, 0.2) is 11.3 Å². The van der Waals surface area contributed by atoms with E-state index in [4.69, 9.17) is 9.15 Å². The average molecular weight is 289 g/mol. The highest BCUT2D eigenvalue weighted by Gasteiger charge is 2.37. The van der Waals surface area contributed by atoms with Crippen LogP contribution in [0.1, 0.15) is 23.0 Å². The van der Waals surface area contributed by atoms with Crippen LogP contribution in [0, 0.1) is 0 Å². The molecule has 0 aliphatic heterocycles. The monoisotopic (exact) mass is 289 g/mol. The average Bonchev–Trinajstić information content (AvgIpc) is 3.01. The van der Waals surface area contributed by atoms with Gasteiger partial charge in [-0.3, -0.25) is 4.79 Å². The number of amides is 1. The minimum absolute atomic E-state index is 0.0518. The predicted molar refractivity (Wildman–Crippen MR) is 74.2 cm³/mol. The molecule has 1 heterocycles. The van der Waals surface area contributed by atoms with Crippen molar-refractivity contribution in [3.63, 3.8) is 0 Å². The number of rotatable bonds is 5. The van der Waals surface area contributed by atoms with Crippen LogP contribution in [0.3, 0.4) is 0 Å². The van der Waals surface area contributed by atoms with E-state index in [1.165, 1.54) is 26.4 Å². The zero-order chi connectivity index (χ0) is 15.5. The second kappa shape index (κ2) is 5.70. The van der Waals surface area contributed by atoms with E-state index in [0.29, 0.717) is 11.3 Å². The Balaban J connectivity index is 2.31. The molecule has 0 radical (unpaired) electrons. The fourth-order valence-corrected chi connectivity index (χ4v) is 1.87. The molecule has 0 unspecified atom stereocenters. The third-order valence-corrected chi connectivity index (χ3v) is 3.20. The van der Waals surface area contributed by atoms with Crippen LogP contribution in [-0.2, 0) is 10.3 Å². The Bertz CT molecular complexity index is 633. The van der Waals surface area contributed by atoms with E-state index in [2.05, 4.69) is 5.32 Å². The van der Waals surface area contributed by atoms with Crippen LogP contribution in [0.25, 0.3) is 0 Å². The van der Waals surface area contributed by atoms with Crippen LogP contribution >= 0.6 is 0 Å². The summed E-state index contributed by atoms with van der Waals surface area (Å²) >= 11 is 0. The number of carboxylic acids is 1. The summed E-state index contributed by atoms with van der Waals surface area (Å²) in [6.45, 7) is 1.41. The molecule has 21 heavy (non-hydrogen) atoms. The molecule has 0 aliphatic carbocycles. The molecule has 2 rings (SSSR count). The minimum Gasteiger partial charge on any atom is -0.497 e. The maximum absolute atomic E-state index is 12.0. The highest BCUT2D eigenvalue weighted by molar-refractivity contribution is 5.96. The summed E-state index contributed by atoms with van der Waals surface area (Å²) in [6.07, 6.45) is 1.35. The first-order valence-corrected chi connectivity index (χ1v) is 6.21. The molecule has 0 aliphatic rings. The smallest absolute Gasteiger partial charge is 0.333 e. The van der Waals surface area contributed by atoms with E-state index in [-0.39, 0.29) is 5.76 Å². The summed E-state index contributed by atoms with van der Waals surface area (Å²) in [7, 11) is 1.52. The molecule has 110 valence electrons. The molecule has 0 bridgehead atoms. The first-order valence-electron chi connectivity index (χ1n) is 6.21. The molecule has 0 spiro atoms. The summed E-state index contributed by atoms with van der Waals surface area (Å²) in [5.41, 5.74) is -1.15. The molecule has 1 aromatic heterocycles. The Kier molecular flexibility index (Phi) is 3.98. The second-order valence-electron chi connectivity index (χ2n) is 4.59. The number of hydrogen-bond donors (Lipinski definition) is 2. The maximum atomic E-state index is 12.0. The predicted octanol–water partition coefficient (Wildman–Crippen LogP) is 2.02. The minimum atomic E-state index is -1.57. The Morgan fingerprint density at radius 2 is 1.90 bits per heavy atom. The highest BCUT2D eigenvalue weighted by Crippen LogP contribution is 2.24. The van der Waals surface area contributed by atoms with Crippen LogP contribution in [-0.4, -0.2) is 24.1 Å². The van der Waals surface area contributed by atoms with Crippen molar-refractivity contribution in [2.45, 2.75) is 12.5 Å². The van der Waals surface area contributed by atoms with Gasteiger partial charge < -0.3 is 19.6 Å². The number of benzene rings is 1. The van der Waals surface area contributed by atoms with Gasteiger partial charge in [0.1, 0.15) is 5.75 Å². The number of methoxy groups -OCH3 is 1. The number of hydrogen-bond acceptors (Lipinski definition) is 4. The number of carboxylic acid groups (broad SMARTS) is 1. The molecule has 0 saturated carbocycles. The molecule has 6 nitrogen and oxygen atoms in total. The summed E-state index contributed by atoms with van der Waals surface area (Å²) in [6, 6.07) is 9.47. The first kappa shape index (κ1) is 14.6. The van der Waals surface area contributed by atoms with Crippen molar-refractivity contribution < 1.29 is 23.8 Å². The standard InChI is InChI=1S/C15H15NO5/c1-15(14(18)19,10-5-7-11(20-2)8-6-10)16-13(17)12-4-3-9-21-12/h3-9H,1-2H3,(H,16,17)(H,18,19)/t15-/m1/s1. The highest BCUT2D eigenvalue weighted by atomic mass is 16.5. The van der Waals surface area contributed by atoms with Crippen LogP contribution in [0.5, 0.6) is 5.75 Å². The summed E-state index contributed by atoms with van der Waals surface area (Å²) in [4.78, 5) is 23.6. The fraction of sp³-hybridized carbons (Fsp3) is 0.200. The lowest BCUT2D eigenvalue weighted by Crippen LogP contribution is -2.49. The summed E-state index contributed by atoms with van der Waals surface area (Å²) in [5.74, 6) is -1.12. The lowest BCUT2D eigenvalue weighted by molar-refractivity contribution is -0.144. The van der Waals surface area contributed by atoms with Crippen molar-refractivity contribution in [3.05, 3.63) is 54.0 Å². The number of furan rings is 1. The Hall–Kier alpha value is -2.76. The Morgan fingerprint density at radius 3 is 2.38 bits per heavy atom. The quantitative estimate of drug-likeness (QED) is 0.879. The van der Waals surface area contributed by atoms with Gasteiger partial charge in [0.05, 0.1) is 13.4 Å². The Labute approximate surface area is 121 Å². The molecule has 2 N–H and O–H groups in total. The van der Waals surface area contributed by atoms with E-state index >= 15 is 0 Å².